The SMILES string of the molecule is N#Cc1ccc(OCCCCN2CCN(C3=COC(C4=CC=CCC4)=CO3)CC2)c(Cl)c1. The molecule has 0 saturated carbocycles. The third kappa shape index (κ3) is 5.87. The van der Waals surface area contributed by atoms with Crippen molar-refractivity contribution in [3.05, 3.63) is 76.8 Å². The first-order valence-electron chi connectivity index (χ1n) is 11.1. The van der Waals surface area contributed by atoms with Gasteiger partial charge in [0.2, 0.25) is 5.88 Å². The second-order valence-corrected chi connectivity index (χ2v) is 8.38. The van der Waals surface area contributed by atoms with Crippen molar-refractivity contribution in [3.63, 3.8) is 0 Å². The van der Waals surface area contributed by atoms with Crippen molar-refractivity contribution in [2.24, 2.45) is 0 Å². The van der Waals surface area contributed by atoms with Crippen molar-refractivity contribution in [2.45, 2.75) is 25.7 Å². The highest BCUT2D eigenvalue weighted by molar-refractivity contribution is 6.32. The zero-order valence-electron chi connectivity index (χ0n) is 18.1. The van der Waals surface area contributed by atoms with E-state index < -0.39 is 0 Å². The quantitative estimate of drug-likeness (QED) is 0.519. The van der Waals surface area contributed by atoms with Gasteiger partial charge in [0.05, 0.1) is 23.3 Å². The highest BCUT2D eigenvalue weighted by Gasteiger charge is 2.22. The Morgan fingerprint density at radius 2 is 1.97 bits per heavy atom. The van der Waals surface area contributed by atoms with Crippen molar-refractivity contribution in [1.82, 2.24) is 9.80 Å². The molecular formula is C25H28ClN3O3. The number of rotatable bonds is 8. The molecule has 0 radical (unpaired) electrons. The Labute approximate surface area is 194 Å². The van der Waals surface area contributed by atoms with Crippen LogP contribution in [0.2, 0.25) is 5.02 Å². The van der Waals surface area contributed by atoms with E-state index in [4.69, 9.17) is 31.1 Å². The van der Waals surface area contributed by atoms with Crippen molar-refractivity contribution in [2.75, 3.05) is 39.3 Å². The van der Waals surface area contributed by atoms with Gasteiger partial charge in [-0.05, 0) is 56.0 Å². The molecule has 168 valence electrons. The zero-order chi connectivity index (χ0) is 22.2. The first-order chi connectivity index (χ1) is 15.7. The number of benzene rings is 1. The summed E-state index contributed by atoms with van der Waals surface area (Å²) >= 11 is 6.15. The van der Waals surface area contributed by atoms with Gasteiger partial charge in [-0.2, -0.15) is 5.26 Å². The number of nitrogens with zero attached hydrogens (tertiary/aromatic N) is 3. The summed E-state index contributed by atoms with van der Waals surface area (Å²) < 4.78 is 17.5. The third-order valence-electron chi connectivity index (χ3n) is 5.77. The standard InChI is InChI=1S/C25H28ClN3O3/c26-22-16-20(17-27)8-9-23(22)30-15-5-4-10-28-11-13-29(14-12-28)25-19-31-24(18-32-25)21-6-2-1-3-7-21/h1-2,6,8-9,16,18-19H,3-5,7,10-15H2. The first kappa shape index (κ1) is 22.3. The summed E-state index contributed by atoms with van der Waals surface area (Å²) in [4.78, 5) is 4.70. The summed E-state index contributed by atoms with van der Waals surface area (Å²) in [6, 6.07) is 7.18. The van der Waals surface area contributed by atoms with E-state index in [2.05, 4.69) is 34.1 Å². The molecule has 0 atom stereocenters. The van der Waals surface area contributed by atoms with E-state index >= 15 is 0 Å². The van der Waals surface area contributed by atoms with Crippen molar-refractivity contribution in [3.8, 4) is 11.8 Å². The van der Waals surface area contributed by atoms with Gasteiger partial charge in [0.15, 0.2) is 12.0 Å². The summed E-state index contributed by atoms with van der Waals surface area (Å²) in [6.45, 7) is 5.48. The number of unbranched alkanes of at least 4 members (excludes halogenated alkanes) is 1. The Kier molecular flexibility index (Phi) is 7.76. The fourth-order valence-corrected chi connectivity index (χ4v) is 4.13. The summed E-state index contributed by atoms with van der Waals surface area (Å²) in [6.07, 6.45) is 13.8. The van der Waals surface area contributed by atoms with E-state index in [1.165, 1.54) is 5.57 Å². The lowest BCUT2D eigenvalue weighted by Crippen LogP contribution is -2.46. The van der Waals surface area contributed by atoms with E-state index in [1.807, 2.05) is 0 Å². The van der Waals surface area contributed by atoms with Gasteiger partial charge in [-0.25, -0.2) is 0 Å². The summed E-state index contributed by atoms with van der Waals surface area (Å²) in [5.74, 6) is 2.23. The van der Waals surface area contributed by atoms with Gasteiger partial charge in [-0.15, -0.1) is 0 Å². The third-order valence-corrected chi connectivity index (χ3v) is 6.07. The number of allylic oxidation sites excluding steroid dienone is 4. The fraction of sp³-hybridized carbons (Fsp3) is 0.400. The minimum absolute atomic E-state index is 0.484. The van der Waals surface area contributed by atoms with Gasteiger partial charge in [-0.1, -0.05) is 29.8 Å². The van der Waals surface area contributed by atoms with E-state index in [0.717, 1.165) is 70.0 Å². The number of hydrogen-bond acceptors (Lipinski definition) is 6. The van der Waals surface area contributed by atoms with Crippen molar-refractivity contribution >= 4 is 11.6 Å². The van der Waals surface area contributed by atoms with Crippen LogP contribution < -0.4 is 4.74 Å². The number of ether oxygens (including phenoxy) is 3. The fourth-order valence-electron chi connectivity index (χ4n) is 3.89. The average Bonchev–Trinajstić information content (AvgIpc) is 2.85. The van der Waals surface area contributed by atoms with Crippen LogP contribution in [-0.4, -0.2) is 49.1 Å². The van der Waals surface area contributed by atoms with Gasteiger partial charge >= 0.3 is 0 Å². The Bertz CT molecular complexity index is 969. The van der Waals surface area contributed by atoms with Crippen LogP contribution in [-0.2, 0) is 9.47 Å². The molecule has 0 bridgehead atoms. The number of piperazine rings is 1. The molecule has 1 fully saturated rings. The molecule has 1 aliphatic carbocycles. The smallest absolute Gasteiger partial charge is 0.231 e. The van der Waals surface area contributed by atoms with Gasteiger partial charge in [0, 0.05) is 26.2 Å². The molecule has 0 aromatic heterocycles. The maximum Gasteiger partial charge on any atom is 0.231 e. The summed E-state index contributed by atoms with van der Waals surface area (Å²) in [5, 5.41) is 9.38. The second kappa shape index (κ2) is 11.1. The molecule has 2 heterocycles. The van der Waals surface area contributed by atoms with Gasteiger partial charge < -0.3 is 19.1 Å². The first-order valence-corrected chi connectivity index (χ1v) is 11.5. The lowest BCUT2D eigenvalue weighted by atomic mass is 10.0. The molecule has 32 heavy (non-hydrogen) atoms. The monoisotopic (exact) mass is 453 g/mol. The summed E-state index contributed by atoms with van der Waals surface area (Å²) in [7, 11) is 0. The number of hydrogen-bond donors (Lipinski definition) is 0. The minimum Gasteiger partial charge on any atom is -0.492 e. The average molecular weight is 454 g/mol. The van der Waals surface area contributed by atoms with Crippen molar-refractivity contribution in [1.29, 1.82) is 5.26 Å². The largest absolute Gasteiger partial charge is 0.492 e. The van der Waals surface area contributed by atoms with Crippen molar-refractivity contribution < 1.29 is 14.2 Å². The van der Waals surface area contributed by atoms with E-state index in [9.17, 15) is 0 Å². The van der Waals surface area contributed by atoms with E-state index in [1.54, 1.807) is 30.7 Å². The molecule has 2 aliphatic heterocycles. The molecule has 0 N–H and O–H groups in total. The Morgan fingerprint density at radius 1 is 1.09 bits per heavy atom. The highest BCUT2D eigenvalue weighted by atomic mass is 35.5. The van der Waals surface area contributed by atoms with Gasteiger partial charge in [0.25, 0.3) is 0 Å². The molecule has 0 spiro atoms. The molecular weight excluding hydrogens is 426 g/mol. The summed E-state index contributed by atoms with van der Waals surface area (Å²) in [5.41, 5.74) is 1.72. The maximum absolute atomic E-state index is 8.89. The Hall–Kier alpha value is -2.88. The lowest BCUT2D eigenvalue weighted by Gasteiger charge is -2.36. The van der Waals surface area contributed by atoms with Crippen LogP contribution in [0.15, 0.2) is 66.2 Å². The molecule has 1 aromatic carbocycles. The normalized spacial score (nSPS) is 18.6. The molecule has 0 amide bonds. The number of nitriles is 1. The van der Waals surface area contributed by atoms with E-state index in [0.29, 0.717) is 22.9 Å². The maximum atomic E-state index is 8.89. The van der Waals surface area contributed by atoms with Gasteiger partial charge in [0.1, 0.15) is 12.0 Å². The molecule has 6 nitrogen and oxygen atoms in total. The van der Waals surface area contributed by atoms with Crippen LogP contribution in [0, 0.1) is 11.3 Å². The minimum atomic E-state index is 0.484. The predicted molar refractivity (Wildman–Crippen MR) is 124 cm³/mol. The zero-order valence-corrected chi connectivity index (χ0v) is 18.9. The highest BCUT2D eigenvalue weighted by Crippen LogP contribution is 2.27. The topological polar surface area (TPSA) is 58.0 Å². The van der Waals surface area contributed by atoms with Crippen LogP contribution in [0.5, 0.6) is 5.75 Å². The van der Waals surface area contributed by atoms with Crippen LogP contribution >= 0.6 is 11.6 Å². The van der Waals surface area contributed by atoms with Crippen LogP contribution in [0.3, 0.4) is 0 Å². The van der Waals surface area contributed by atoms with Crippen LogP contribution in [0.4, 0.5) is 0 Å². The second-order valence-electron chi connectivity index (χ2n) is 7.97. The Balaban J connectivity index is 1.12. The molecule has 1 aromatic rings. The number of halogens is 1. The molecule has 0 unspecified atom stereocenters. The Morgan fingerprint density at radius 3 is 2.66 bits per heavy atom. The van der Waals surface area contributed by atoms with Gasteiger partial charge in [-0.3, -0.25) is 4.90 Å². The lowest BCUT2D eigenvalue weighted by molar-refractivity contribution is 0.0834. The van der Waals surface area contributed by atoms with Crippen LogP contribution in [0.1, 0.15) is 31.2 Å². The molecule has 7 heteroatoms. The van der Waals surface area contributed by atoms with E-state index in [-0.39, 0.29) is 0 Å². The molecule has 4 rings (SSSR count). The molecule has 1 saturated heterocycles. The predicted octanol–water partition coefficient (Wildman–Crippen LogP) is 4.95. The van der Waals surface area contributed by atoms with Crippen LogP contribution in [0.25, 0.3) is 0 Å². The molecule has 3 aliphatic rings.